The molecule has 1 unspecified atom stereocenters. The largest absolute Gasteiger partial charge is 0.504 e. The van der Waals surface area contributed by atoms with Crippen molar-refractivity contribution in [1.29, 1.82) is 0 Å². The Labute approximate surface area is 170 Å². The molecule has 0 amide bonds. The van der Waals surface area contributed by atoms with E-state index >= 15 is 0 Å². The van der Waals surface area contributed by atoms with Gasteiger partial charge in [-0.1, -0.05) is 45.8 Å². The molecule has 0 bridgehead atoms. The minimum absolute atomic E-state index is 0.0459. The van der Waals surface area contributed by atoms with Crippen LogP contribution in [-0.4, -0.2) is 23.2 Å². The Morgan fingerprint density at radius 3 is 2.62 bits per heavy atom. The van der Waals surface area contributed by atoms with Gasteiger partial charge in [0.05, 0.1) is 18.4 Å². The first-order valence-corrected chi connectivity index (χ1v) is 9.92. The van der Waals surface area contributed by atoms with E-state index in [4.69, 9.17) is 9.26 Å². The molecular weight excluding hydrogens is 368 g/mol. The van der Waals surface area contributed by atoms with Gasteiger partial charge in [-0.3, -0.25) is 4.79 Å². The molecule has 4 rings (SSSR count). The Kier molecular flexibility index (Phi) is 4.30. The van der Waals surface area contributed by atoms with Gasteiger partial charge in [0.25, 0.3) is 0 Å². The summed E-state index contributed by atoms with van der Waals surface area (Å²) in [5, 5.41) is 18.1. The van der Waals surface area contributed by atoms with Crippen LogP contribution in [0, 0.1) is 5.41 Å². The Hall–Kier alpha value is -2.76. The zero-order valence-corrected chi connectivity index (χ0v) is 17.8. The average molecular weight is 396 g/mol. The van der Waals surface area contributed by atoms with Gasteiger partial charge < -0.3 is 19.7 Å². The number of carbonyl (C=O) groups is 1. The molecule has 0 saturated heterocycles. The SMILES string of the molecule is COc1ccc(C2C3=C(CC(C)(C)CC3=O)Nc3onc(C(C)(C)C)c32)cc1O. The number of phenolic OH excluding ortho intramolecular Hbond substituents is 1. The molecule has 6 nitrogen and oxygen atoms in total. The standard InChI is InChI=1S/C23H28N2O4/c1-22(2,3)20-19-17(12-7-8-16(28-6)14(26)9-12)18-13(24-21(19)29-25-20)10-23(4,5)11-15(18)27/h7-9,17,24,26H,10-11H2,1-6H3. The maximum absolute atomic E-state index is 13.3. The number of carbonyl (C=O) groups excluding carboxylic acids is 1. The molecule has 0 fully saturated rings. The normalized spacial score (nSPS) is 20.8. The number of anilines is 1. The third kappa shape index (κ3) is 3.20. The second kappa shape index (κ2) is 6.37. The molecule has 1 aliphatic heterocycles. The van der Waals surface area contributed by atoms with Crippen molar-refractivity contribution in [3.05, 3.63) is 46.3 Å². The highest BCUT2D eigenvalue weighted by molar-refractivity contribution is 6.01. The molecule has 0 saturated carbocycles. The number of aromatic nitrogens is 1. The highest BCUT2D eigenvalue weighted by Crippen LogP contribution is 2.52. The van der Waals surface area contributed by atoms with Crippen molar-refractivity contribution in [2.45, 2.75) is 58.8 Å². The molecule has 2 aromatic rings. The molecule has 0 spiro atoms. The van der Waals surface area contributed by atoms with Crippen LogP contribution in [-0.2, 0) is 10.2 Å². The van der Waals surface area contributed by atoms with Gasteiger partial charge in [0.2, 0.25) is 5.88 Å². The summed E-state index contributed by atoms with van der Waals surface area (Å²) in [6.07, 6.45) is 1.23. The molecular formula is C23H28N2O4. The van der Waals surface area contributed by atoms with E-state index in [1.165, 1.54) is 7.11 Å². The van der Waals surface area contributed by atoms with Crippen LogP contribution < -0.4 is 10.1 Å². The van der Waals surface area contributed by atoms with Gasteiger partial charge in [-0.25, -0.2) is 0 Å². The summed E-state index contributed by atoms with van der Waals surface area (Å²) in [7, 11) is 1.52. The van der Waals surface area contributed by atoms with Gasteiger partial charge in [0.1, 0.15) is 0 Å². The van der Waals surface area contributed by atoms with Gasteiger partial charge in [-0.15, -0.1) is 0 Å². The molecule has 2 aliphatic rings. The van der Waals surface area contributed by atoms with Crippen LogP contribution >= 0.6 is 0 Å². The van der Waals surface area contributed by atoms with E-state index < -0.39 is 0 Å². The van der Waals surface area contributed by atoms with E-state index in [-0.39, 0.29) is 28.3 Å². The van der Waals surface area contributed by atoms with Gasteiger partial charge in [0.15, 0.2) is 17.3 Å². The fraction of sp³-hybridized carbons (Fsp3) is 0.478. The average Bonchev–Trinajstić information content (AvgIpc) is 3.02. The Balaban J connectivity index is 1.96. The van der Waals surface area contributed by atoms with E-state index in [0.717, 1.165) is 34.5 Å². The fourth-order valence-corrected chi connectivity index (χ4v) is 4.48. The Morgan fingerprint density at radius 2 is 2.00 bits per heavy atom. The molecule has 2 N–H and O–H groups in total. The molecule has 6 heteroatoms. The number of Topliss-reactive ketones (excluding diaryl/α,β-unsaturated/α-hetero) is 1. The number of benzene rings is 1. The van der Waals surface area contributed by atoms with Crippen molar-refractivity contribution in [1.82, 2.24) is 5.16 Å². The molecule has 2 heterocycles. The molecule has 1 aliphatic carbocycles. The zero-order chi connectivity index (χ0) is 21.1. The van der Waals surface area contributed by atoms with Gasteiger partial charge in [-0.2, -0.15) is 0 Å². The predicted octanol–water partition coefficient (Wildman–Crippen LogP) is 4.89. The van der Waals surface area contributed by atoms with Crippen molar-refractivity contribution < 1.29 is 19.2 Å². The summed E-state index contributed by atoms with van der Waals surface area (Å²) in [6.45, 7) is 10.4. The van der Waals surface area contributed by atoms with Crippen LogP contribution in [0.3, 0.4) is 0 Å². The lowest BCUT2D eigenvalue weighted by molar-refractivity contribution is -0.118. The number of hydrogen-bond donors (Lipinski definition) is 2. The van der Waals surface area contributed by atoms with E-state index in [2.05, 4.69) is 45.1 Å². The molecule has 29 heavy (non-hydrogen) atoms. The third-order valence-corrected chi connectivity index (χ3v) is 5.74. The van der Waals surface area contributed by atoms with E-state index in [1.54, 1.807) is 12.1 Å². The number of hydrogen-bond acceptors (Lipinski definition) is 6. The number of ketones is 1. The lowest BCUT2D eigenvalue weighted by Gasteiger charge is -2.38. The summed E-state index contributed by atoms with van der Waals surface area (Å²) in [4.78, 5) is 13.3. The minimum Gasteiger partial charge on any atom is -0.504 e. The van der Waals surface area contributed by atoms with E-state index in [1.807, 2.05) is 6.07 Å². The predicted molar refractivity (Wildman–Crippen MR) is 110 cm³/mol. The van der Waals surface area contributed by atoms with Crippen LogP contribution in [0.15, 0.2) is 34.0 Å². The van der Waals surface area contributed by atoms with Crippen molar-refractivity contribution in [2.24, 2.45) is 5.41 Å². The number of rotatable bonds is 2. The van der Waals surface area contributed by atoms with Crippen LogP contribution in [0.1, 0.15) is 70.2 Å². The fourth-order valence-electron chi connectivity index (χ4n) is 4.48. The number of methoxy groups -OCH3 is 1. The first-order chi connectivity index (χ1) is 13.5. The summed E-state index contributed by atoms with van der Waals surface area (Å²) in [5.41, 5.74) is 3.74. The van der Waals surface area contributed by atoms with Gasteiger partial charge in [-0.05, 0) is 29.5 Å². The highest BCUT2D eigenvalue weighted by atomic mass is 16.5. The second-order valence-electron chi connectivity index (χ2n) is 9.85. The first kappa shape index (κ1) is 19.6. The quantitative estimate of drug-likeness (QED) is 0.752. The van der Waals surface area contributed by atoms with Gasteiger partial charge >= 0.3 is 0 Å². The van der Waals surface area contributed by atoms with Gasteiger partial charge in [0, 0.05) is 29.0 Å². The molecule has 0 radical (unpaired) electrons. The summed E-state index contributed by atoms with van der Waals surface area (Å²) in [5.74, 6) is 0.802. The molecule has 1 atom stereocenters. The number of allylic oxidation sites excluding steroid dienone is 2. The first-order valence-electron chi connectivity index (χ1n) is 9.92. The minimum atomic E-state index is -0.345. The topological polar surface area (TPSA) is 84.6 Å². The van der Waals surface area contributed by atoms with E-state index in [9.17, 15) is 9.90 Å². The lowest BCUT2D eigenvalue weighted by Crippen LogP contribution is -2.34. The zero-order valence-electron chi connectivity index (χ0n) is 17.8. The summed E-state index contributed by atoms with van der Waals surface area (Å²) >= 11 is 0. The number of fused-ring (bicyclic) bond motifs is 1. The smallest absolute Gasteiger partial charge is 0.233 e. The van der Waals surface area contributed by atoms with Crippen LogP contribution in [0.25, 0.3) is 0 Å². The Morgan fingerprint density at radius 1 is 1.28 bits per heavy atom. The number of ether oxygens (including phenoxy) is 1. The van der Waals surface area contributed by atoms with Crippen LogP contribution in [0.5, 0.6) is 11.5 Å². The van der Waals surface area contributed by atoms with Crippen molar-refractivity contribution in [2.75, 3.05) is 12.4 Å². The number of aromatic hydroxyl groups is 1. The maximum Gasteiger partial charge on any atom is 0.233 e. The molecule has 154 valence electrons. The summed E-state index contributed by atoms with van der Waals surface area (Å²) < 4.78 is 10.9. The lowest BCUT2D eigenvalue weighted by atomic mass is 9.68. The van der Waals surface area contributed by atoms with Crippen molar-refractivity contribution in [3.63, 3.8) is 0 Å². The maximum atomic E-state index is 13.3. The van der Waals surface area contributed by atoms with Crippen molar-refractivity contribution >= 4 is 11.7 Å². The summed E-state index contributed by atoms with van der Waals surface area (Å²) in [6, 6.07) is 5.30. The number of phenols is 1. The monoisotopic (exact) mass is 396 g/mol. The molecule has 1 aromatic carbocycles. The van der Waals surface area contributed by atoms with Crippen molar-refractivity contribution in [3.8, 4) is 11.5 Å². The number of nitrogens with one attached hydrogen (secondary N) is 1. The van der Waals surface area contributed by atoms with Crippen LogP contribution in [0.4, 0.5) is 5.88 Å². The van der Waals surface area contributed by atoms with E-state index in [0.29, 0.717) is 18.1 Å². The second-order valence-corrected chi connectivity index (χ2v) is 9.85. The highest BCUT2D eigenvalue weighted by Gasteiger charge is 2.44. The molecule has 1 aromatic heterocycles. The number of nitrogens with zero attached hydrogens (tertiary/aromatic N) is 1. The Bertz CT molecular complexity index is 1020. The van der Waals surface area contributed by atoms with Crippen LogP contribution in [0.2, 0.25) is 0 Å². The third-order valence-electron chi connectivity index (χ3n) is 5.74.